The molecule has 0 aliphatic carbocycles. The molecule has 0 aliphatic rings. The summed E-state index contributed by atoms with van der Waals surface area (Å²) in [5.74, 6) is -0.152. The van der Waals surface area contributed by atoms with E-state index >= 15 is 0 Å². The zero-order chi connectivity index (χ0) is 18.4. The molecule has 130 valence electrons. The largest absolute Gasteiger partial charge is 0.416 e. The van der Waals surface area contributed by atoms with Crippen LogP contribution >= 0.6 is 0 Å². The molecular weight excluding hydrogens is 331 g/mol. The summed E-state index contributed by atoms with van der Waals surface area (Å²) in [6, 6.07) is 12.1. The van der Waals surface area contributed by atoms with Gasteiger partial charge in [0.2, 0.25) is 5.91 Å². The molecule has 2 aromatic rings. The van der Waals surface area contributed by atoms with Crippen molar-refractivity contribution in [3.8, 4) is 6.07 Å². The molecule has 0 unspecified atom stereocenters. The molecule has 7 heteroatoms. The van der Waals surface area contributed by atoms with Crippen LogP contribution in [-0.4, -0.2) is 12.5 Å². The Balaban J connectivity index is 1.97. The van der Waals surface area contributed by atoms with Crippen molar-refractivity contribution in [1.82, 2.24) is 0 Å². The third kappa shape index (κ3) is 5.24. The second kappa shape index (κ2) is 7.71. The summed E-state index contributed by atoms with van der Waals surface area (Å²) >= 11 is 0. The minimum Gasteiger partial charge on any atom is -0.384 e. The lowest BCUT2D eigenvalue weighted by molar-refractivity contribution is -0.137. The molecule has 2 N–H and O–H groups in total. The van der Waals surface area contributed by atoms with Gasteiger partial charge < -0.3 is 10.6 Å². The molecule has 0 atom stereocenters. The Morgan fingerprint density at radius 3 is 2.40 bits per heavy atom. The Hall–Kier alpha value is -3.01. The van der Waals surface area contributed by atoms with E-state index in [0.29, 0.717) is 24.3 Å². The van der Waals surface area contributed by atoms with E-state index in [1.165, 1.54) is 13.0 Å². The van der Waals surface area contributed by atoms with Crippen LogP contribution in [0.2, 0.25) is 0 Å². The third-order valence-electron chi connectivity index (χ3n) is 3.47. The Labute approximate surface area is 143 Å². The van der Waals surface area contributed by atoms with E-state index in [1.807, 2.05) is 12.1 Å². The van der Waals surface area contributed by atoms with E-state index in [-0.39, 0.29) is 11.5 Å². The average molecular weight is 347 g/mol. The van der Waals surface area contributed by atoms with Gasteiger partial charge in [0, 0.05) is 19.2 Å². The van der Waals surface area contributed by atoms with Crippen LogP contribution in [0.15, 0.2) is 42.5 Å². The highest BCUT2D eigenvalue weighted by molar-refractivity contribution is 5.88. The number of anilines is 2. The van der Waals surface area contributed by atoms with Crippen molar-refractivity contribution in [1.29, 1.82) is 5.26 Å². The van der Waals surface area contributed by atoms with Crippen LogP contribution in [0.5, 0.6) is 0 Å². The SMILES string of the molecule is CC(=O)Nc1ccc(CCNc2ccc(C(F)(F)F)cc2C#N)cc1. The number of alkyl halides is 3. The Morgan fingerprint density at radius 1 is 1.16 bits per heavy atom. The highest BCUT2D eigenvalue weighted by Gasteiger charge is 2.31. The minimum absolute atomic E-state index is 0.0455. The summed E-state index contributed by atoms with van der Waals surface area (Å²) in [5.41, 5.74) is 1.16. The number of nitriles is 1. The highest BCUT2D eigenvalue weighted by Crippen LogP contribution is 2.31. The molecule has 0 aliphatic heterocycles. The molecule has 0 spiro atoms. The minimum atomic E-state index is -4.47. The molecule has 0 heterocycles. The predicted octanol–water partition coefficient (Wildman–Crippen LogP) is 4.19. The summed E-state index contributed by atoms with van der Waals surface area (Å²) in [6.07, 6.45) is -3.86. The third-order valence-corrected chi connectivity index (χ3v) is 3.47. The molecule has 0 radical (unpaired) electrons. The number of amides is 1. The van der Waals surface area contributed by atoms with Gasteiger partial charge in [0.1, 0.15) is 6.07 Å². The van der Waals surface area contributed by atoms with Crippen molar-refractivity contribution in [3.63, 3.8) is 0 Å². The summed E-state index contributed by atoms with van der Waals surface area (Å²) in [7, 11) is 0. The van der Waals surface area contributed by atoms with Crippen LogP contribution in [0.25, 0.3) is 0 Å². The topological polar surface area (TPSA) is 64.9 Å². The van der Waals surface area contributed by atoms with E-state index in [2.05, 4.69) is 10.6 Å². The zero-order valence-electron chi connectivity index (χ0n) is 13.4. The molecule has 0 saturated carbocycles. The Morgan fingerprint density at radius 2 is 1.84 bits per heavy atom. The molecule has 2 rings (SSSR count). The number of rotatable bonds is 5. The van der Waals surface area contributed by atoms with Crippen LogP contribution in [-0.2, 0) is 17.4 Å². The molecule has 0 bridgehead atoms. The second-order valence-corrected chi connectivity index (χ2v) is 5.42. The highest BCUT2D eigenvalue weighted by atomic mass is 19.4. The molecule has 0 saturated heterocycles. The first-order valence-corrected chi connectivity index (χ1v) is 7.51. The first kappa shape index (κ1) is 18.3. The second-order valence-electron chi connectivity index (χ2n) is 5.42. The maximum atomic E-state index is 12.7. The van der Waals surface area contributed by atoms with Crippen LogP contribution < -0.4 is 10.6 Å². The van der Waals surface area contributed by atoms with Crippen molar-refractivity contribution in [2.45, 2.75) is 19.5 Å². The number of hydrogen-bond donors (Lipinski definition) is 2. The monoisotopic (exact) mass is 347 g/mol. The van der Waals surface area contributed by atoms with Gasteiger partial charge in [0.15, 0.2) is 0 Å². The Kier molecular flexibility index (Phi) is 5.65. The molecule has 4 nitrogen and oxygen atoms in total. The summed E-state index contributed by atoms with van der Waals surface area (Å²) in [6.45, 7) is 1.88. The first-order chi connectivity index (χ1) is 11.8. The number of benzene rings is 2. The summed E-state index contributed by atoms with van der Waals surface area (Å²) in [4.78, 5) is 11.0. The quantitative estimate of drug-likeness (QED) is 0.852. The lowest BCUT2D eigenvalue weighted by atomic mass is 10.1. The smallest absolute Gasteiger partial charge is 0.384 e. The zero-order valence-corrected chi connectivity index (χ0v) is 13.4. The molecule has 25 heavy (non-hydrogen) atoms. The van der Waals surface area contributed by atoms with Gasteiger partial charge in [0.05, 0.1) is 16.8 Å². The van der Waals surface area contributed by atoms with Crippen LogP contribution in [0.3, 0.4) is 0 Å². The summed E-state index contributed by atoms with van der Waals surface area (Å²) < 4.78 is 38.0. The van der Waals surface area contributed by atoms with Gasteiger partial charge >= 0.3 is 6.18 Å². The van der Waals surface area contributed by atoms with Gasteiger partial charge in [-0.2, -0.15) is 18.4 Å². The number of halogens is 3. The average Bonchev–Trinajstić information content (AvgIpc) is 2.55. The van der Waals surface area contributed by atoms with E-state index in [9.17, 15) is 18.0 Å². The van der Waals surface area contributed by atoms with E-state index < -0.39 is 11.7 Å². The van der Waals surface area contributed by atoms with E-state index in [4.69, 9.17) is 5.26 Å². The lowest BCUT2D eigenvalue weighted by Crippen LogP contribution is -2.09. The molecule has 1 amide bonds. The van der Waals surface area contributed by atoms with Crippen LogP contribution in [0.1, 0.15) is 23.6 Å². The van der Waals surface area contributed by atoms with Crippen LogP contribution in [0.4, 0.5) is 24.5 Å². The fourth-order valence-electron chi connectivity index (χ4n) is 2.27. The summed E-state index contributed by atoms with van der Waals surface area (Å²) in [5, 5.41) is 14.7. The van der Waals surface area contributed by atoms with Gasteiger partial charge in [0.25, 0.3) is 0 Å². The van der Waals surface area contributed by atoms with Gasteiger partial charge in [-0.05, 0) is 42.3 Å². The molecule has 2 aromatic carbocycles. The maximum absolute atomic E-state index is 12.7. The fraction of sp³-hybridized carbons (Fsp3) is 0.222. The molecule has 0 fully saturated rings. The van der Waals surface area contributed by atoms with Crippen molar-refractivity contribution < 1.29 is 18.0 Å². The van der Waals surface area contributed by atoms with Crippen molar-refractivity contribution >= 4 is 17.3 Å². The number of carbonyl (C=O) groups is 1. The number of nitrogens with one attached hydrogen (secondary N) is 2. The number of carbonyl (C=O) groups excluding carboxylic acids is 1. The normalized spacial score (nSPS) is 10.8. The molecule has 0 aromatic heterocycles. The fourth-order valence-corrected chi connectivity index (χ4v) is 2.27. The van der Waals surface area contributed by atoms with Crippen molar-refractivity contribution in [3.05, 3.63) is 59.2 Å². The van der Waals surface area contributed by atoms with Crippen LogP contribution in [0, 0.1) is 11.3 Å². The van der Waals surface area contributed by atoms with Gasteiger partial charge in [-0.3, -0.25) is 4.79 Å². The standard InChI is InChI=1S/C18H16F3N3O/c1-12(25)24-16-5-2-13(3-6-16)8-9-23-17-7-4-15(18(19,20)21)10-14(17)11-22/h2-7,10,23H,8-9H2,1H3,(H,24,25). The van der Waals surface area contributed by atoms with Crippen molar-refractivity contribution in [2.24, 2.45) is 0 Å². The van der Waals surface area contributed by atoms with Gasteiger partial charge in [-0.25, -0.2) is 0 Å². The van der Waals surface area contributed by atoms with E-state index in [0.717, 1.165) is 17.7 Å². The van der Waals surface area contributed by atoms with Crippen molar-refractivity contribution in [2.75, 3.05) is 17.2 Å². The molecular formula is C18H16F3N3O. The number of hydrogen-bond acceptors (Lipinski definition) is 3. The Bertz CT molecular complexity index is 793. The number of nitrogens with zero attached hydrogens (tertiary/aromatic N) is 1. The lowest BCUT2D eigenvalue weighted by Gasteiger charge is -2.12. The predicted molar refractivity (Wildman–Crippen MR) is 89.1 cm³/mol. The van der Waals surface area contributed by atoms with Gasteiger partial charge in [-0.15, -0.1) is 0 Å². The van der Waals surface area contributed by atoms with E-state index in [1.54, 1.807) is 18.2 Å². The maximum Gasteiger partial charge on any atom is 0.416 e. The first-order valence-electron chi connectivity index (χ1n) is 7.51. The van der Waals surface area contributed by atoms with Gasteiger partial charge in [-0.1, -0.05) is 12.1 Å².